The van der Waals surface area contributed by atoms with Crippen LogP contribution in [0.1, 0.15) is 32.8 Å². The lowest BCUT2D eigenvalue weighted by molar-refractivity contribution is 0.0281. The molecule has 0 saturated carbocycles. The topological polar surface area (TPSA) is 41.5 Å². The highest BCUT2D eigenvalue weighted by Crippen LogP contribution is 2.24. The van der Waals surface area contributed by atoms with Gasteiger partial charge in [0.2, 0.25) is 0 Å². The summed E-state index contributed by atoms with van der Waals surface area (Å²) in [5, 5.41) is 13.0. The summed E-state index contributed by atoms with van der Waals surface area (Å²) in [6.45, 7) is 7.66. The average molecular weight is 316 g/mol. The Hall–Kier alpha value is -0.580. The van der Waals surface area contributed by atoms with Gasteiger partial charge in [-0.05, 0) is 45.0 Å². The molecular formula is C14H22BrNO2. The van der Waals surface area contributed by atoms with Gasteiger partial charge in [-0.1, -0.05) is 22.9 Å². The van der Waals surface area contributed by atoms with E-state index in [4.69, 9.17) is 4.74 Å². The maximum atomic E-state index is 9.69. The van der Waals surface area contributed by atoms with Crippen LogP contribution in [-0.2, 0) is 6.54 Å². The Bertz CT molecular complexity index is 375. The number of ether oxygens (including phenoxy) is 1. The van der Waals surface area contributed by atoms with E-state index < -0.39 is 5.60 Å². The van der Waals surface area contributed by atoms with Gasteiger partial charge in [0.05, 0.1) is 5.60 Å². The van der Waals surface area contributed by atoms with Gasteiger partial charge in [0.15, 0.2) is 0 Å². The van der Waals surface area contributed by atoms with Crippen molar-refractivity contribution in [1.29, 1.82) is 0 Å². The molecule has 0 heterocycles. The van der Waals surface area contributed by atoms with Crippen LogP contribution in [0.25, 0.3) is 0 Å². The molecule has 0 atom stereocenters. The molecule has 2 N–H and O–H groups in total. The van der Waals surface area contributed by atoms with Crippen molar-refractivity contribution in [3.05, 3.63) is 28.2 Å². The first-order valence-corrected chi connectivity index (χ1v) is 7.06. The Labute approximate surface area is 118 Å². The predicted molar refractivity (Wildman–Crippen MR) is 77.9 cm³/mol. The Kier molecular flexibility index (Phi) is 6.12. The molecule has 0 bridgehead atoms. The minimum absolute atomic E-state index is 0.287. The van der Waals surface area contributed by atoms with Crippen LogP contribution >= 0.6 is 15.9 Å². The average Bonchev–Trinajstić information content (AvgIpc) is 2.27. The van der Waals surface area contributed by atoms with Crippen LogP contribution in [0, 0.1) is 0 Å². The number of halogens is 1. The highest BCUT2D eigenvalue weighted by atomic mass is 79.9. The minimum atomic E-state index is -0.818. The van der Waals surface area contributed by atoms with Crippen molar-refractivity contribution in [2.45, 2.75) is 39.3 Å². The molecule has 3 nitrogen and oxygen atoms in total. The predicted octanol–water partition coefficient (Wildman–Crippen LogP) is 3.10. The summed E-state index contributed by atoms with van der Waals surface area (Å²) in [5.41, 5.74) is 0.281. The summed E-state index contributed by atoms with van der Waals surface area (Å²) in [5.74, 6) is 0.823. The van der Waals surface area contributed by atoms with Crippen LogP contribution in [0.5, 0.6) is 5.75 Å². The van der Waals surface area contributed by atoms with Gasteiger partial charge in [-0.25, -0.2) is 0 Å². The van der Waals surface area contributed by atoms with Crippen LogP contribution in [0.4, 0.5) is 0 Å². The van der Waals surface area contributed by atoms with Gasteiger partial charge in [0.25, 0.3) is 0 Å². The lowest BCUT2D eigenvalue weighted by atomic mass is 10.1. The largest absolute Gasteiger partial charge is 0.490 e. The summed E-state index contributed by atoms with van der Waals surface area (Å²) in [6.07, 6.45) is 1.11. The molecule has 0 radical (unpaired) electrons. The summed E-state index contributed by atoms with van der Waals surface area (Å²) in [7, 11) is 0. The van der Waals surface area contributed by atoms with Crippen molar-refractivity contribution in [3.63, 3.8) is 0 Å². The van der Waals surface area contributed by atoms with E-state index in [0.717, 1.165) is 35.3 Å². The van der Waals surface area contributed by atoms with E-state index in [1.54, 1.807) is 13.8 Å². The Morgan fingerprint density at radius 2 is 2.11 bits per heavy atom. The van der Waals surface area contributed by atoms with E-state index in [1.165, 1.54) is 0 Å². The maximum Gasteiger partial charge on any atom is 0.124 e. The molecule has 4 heteroatoms. The fourth-order valence-corrected chi connectivity index (χ4v) is 1.89. The summed E-state index contributed by atoms with van der Waals surface area (Å²) in [6, 6.07) is 5.92. The van der Waals surface area contributed by atoms with E-state index >= 15 is 0 Å². The van der Waals surface area contributed by atoms with Gasteiger partial charge in [-0.3, -0.25) is 0 Å². The zero-order valence-electron chi connectivity index (χ0n) is 11.3. The van der Waals surface area contributed by atoms with Crippen molar-refractivity contribution in [2.24, 2.45) is 0 Å². The molecule has 0 spiro atoms. The van der Waals surface area contributed by atoms with E-state index in [-0.39, 0.29) is 6.61 Å². The SMILES string of the molecule is CCCNCc1cc(Br)ccc1OCC(C)(C)O. The third kappa shape index (κ3) is 5.85. The van der Waals surface area contributed by atoms with E-state index in [2.05, 4.69) is 28.2 Å². The summed E-state index contributed by atoms with van der Waals surface area (Å²) >= 11 is 3.46. The first-order chi connectivity index (χ1) is 8.42. The van der Waals surface area contributed by atoms with Gasteiger partial charge in [0.1, 0.15) is 12.4 Å². The zero-order chi connectivity index (χ0) is 13.6. The smallest absolute Gasteiger partial charge is 0.124 e. The number of hydrogen-bond acceptors (Lipinski definition) is 3. The summed E-state index contributed by atoms with van der Waals surface area (Å²) < 4.78 is 6.71. The zero-order valence-corrected chi connectivity index (χ0v) is 12.9. The first kappa shape index (κ1) is 15.5. The minimum Gasteiger partial charge on any atom is -0.490 e. The van der Waals surface area contributed by atoms with Crippen LogP contribution in [-0.4, -0.2) is 23.9 Å². The number of rotatable bonds is 7. The standard InChI is InChI=1S/C14H22BrNO2/c1-4-7-16-9-11-8-12(15)5-6-13(11)18-10-14(2,3)17/h5-6,8,16-17H,4,7,9-10H2,1-3H3. The highest BCUT2D eigenvalue weighted by molar-refractivity contribution is 9.10. The molecule has 0 aliphatic rings. The van der Waals surface area contributed by atoms with E-state index in [0.29, 0.717) is 0 Å². The molecule has 1 aromatic carbocycles. The lowest BCUT2D eigenvalue weighted by Gasteiger charge is -2.19. The molecular weight excluding hydrogens is 294 g/mol. The number of benzene rings is 1. The van der Waals surface area contributed by atoms with Gasteiger partial charge in [-0.2, -0.15) is 0 Å². The number of aliphatic hydroxyl groups is 1. The van der Waals surface area contributed by atoms with Crippen LogP contribution in [0.2, 0.25) is 0 Å². The molecule has 0 fully saturated rings. The molecule has 1 aromatic rings. The molecule has 18 heavy (non-hydrogen) atoms. The molecule has 0 unspecified atom stereocenters. The van der Waals surface area contributed by atoms with Crippen molar-refractivity contribution >= 4 is 15.9 Å². The second-order valence-corrected chi connectivity index (χ2v) is 5.95. The molecule has 102 valence electrons. The van der Waals surface area contributed by atoms with Gasteiger partial charge < -0.3 is 15.2 Å². The Morgan fingerprint density at radius 3 is 2.72 bits per heavy atom. The Balaban J connectivity index is 2.70. The Morgan fingerprint density at radius 1 is 1.39 bits per heavy atom. The highest BCUT2D eigenvalue weighted by Gasteiger charge is 2.14. The fourth-order valence-electron chi connectivity index (χ4n) is 1.48. The monoisotopic (exact) mass is 315 g/mol. The van der Waals surface area contributed by atoms with Crippen LogP contribution in [0.15, 0.2) is 22.7 Å². The van der Waals surface area contributed by atoms with Crippen molar-refractivity contribution in [3.8, 4) is 5.75 Å². The second-order valence-electron chi connectivity index (χ2n) is 5.03. The molecule has 0 aromatic heterocycles. The molecule has 0 saturated heterocycles. The third-order valence-corrected chi connectivity index (χ3v) is 2.84. The third-order valence-electron chi connectivity index (χ3n) is 2.35. The summed E-state index contributed by atoms with van der Waals surface area (Å²) in [4.78, 5) is 0. The van der Waals surface area contributed by atoms with Gasteiger partial charge in [-0.15, -0.1) is 0 Å². The van der Waals surface area contributed by atoms with E-state index in [9.17, 15) is 5.11 Å². The molecule has 0 aliphatic carbocycles. The second kappa shape index (κ2) is 7.12. The van der Waals surface area contributed by atoms with Gasteiger partial charge >= 0.3 is 0 Å². The number of nitrogens with one attached hydrogen (secondary N) is 1. The normalized spacial score (nSPS) is 11.6. The van der Waals surface area contributed by atoms with Gasteiger partial charge in [0, 0.05) is 16.6 Å². The first-order valence-electron chi connectivity index (χ1n) is 6.26. The quantitative estimate of drug-likeness (QED) is 0.760. The van der Waals surface area contributed by atoms with Crippen molar-refractivity contribution in [1.82, 2.24) is 5.32 Å². The fraction of sp³-hybridized carbons (Fsp3) is 0.571. The molecule has 1 rings (SSSR count). The van der Waals surface area contributed by atoms with E-state index in [1.807, 2.05) is 18.2 Å². The van der Waals surface area contributed by atoms with Crippen LogP contribution in [0.3, 0.4) is 0 Å². The van der Waals surface area contributed by atoms with Crippen molar-refractivity contribution in [2.75, 3.05) is 13.2 Å². The maximum absolute atomic E-state index is 9.69. The molecule has 0 aliphatic heterocycles. The van der Waals surface area contributed by atoms with Crippen LogP contribution < -0.4 is 10.1 Å². The lowest BCUT2D eigenvalue weighted by Crippen LogP contribution is -2.28. The number of hydrogen-bond donors (Lipinski definition) is 2. The molecule has 0 amide bonds. The van der Waals surface area contributed by atoms with Crippen molar-refractivity contribution < 1.29 is 9.84 Å².